The molecule has 2 N–H and O–H groups in total. The number of nitrogens with zero attached hydrogens (tertiary/aromatic N) is 1. The predicted molar refractivity (Wildman–Crippen MR) is 75.8 cm³/mol. The van der Waals surface area contributed by atoms with Gasteiger partial charge >= 0.3 is 6.09 Å². The van der Waals surface area contributed by atoms with Gasteiger partial charge in [0, 0.05) is 19.5 Å². The van der Waals surface area contributed by atoms with Gasteiger partial charge < -0.3 is 15.4 Å². The lowest BCUT2D eigenvalue weighted by Crippen LogP contribution is -2.23. The van der Waals surface area contributed by atoms with Gasteiger partial charge in [-0.25, -0.2) is 4.79 Å². The number of hydrogen-bond acceptors (Lipinski definition) is 3. The first-order chi connectivity index (χ1) is 9.15. The van der Waals surface area contributed by atoms with Crippen molar-refractivity contribution in [3.63, 3.8) is 0 Å². The molecular weight excluding hydrogens is 240 g/mol. The molecule has 1 amide bonds. The van der Waals surface area contributed by atoms with Crippen LogP contribution in [0, 0.1) is 0 Å². The Labute approximate surface area is 113 Å². The van der Waals surface area contributed by atoms with Gasteiger partial charge in [-0.1, -0.05) is 30.3 Å². The average molecular weight is 260 g/mol. The minimum absolute atomic E-state index is 0.335. The summed E-state index contributed by atoms with van der Waals surface area (Å²) >= 11 is 0. The normalized spacial score (nSPS) is 15.9. The highest BCUT2D eigenvalue weighted by molar-refractivity contribution is 5.66. The highest BCUT2D eigenvalue weighted by atomic mass is 16.5. The molecule has 0 aromatic heterocycles. The van der Waals surface area contributed by atoms with Gasteiger partial charge in [0.25, 0.3) is 0 Å². The van der Waals surface area contributed by atoms with E-state index in [1.54, 1.807) is 0 Å². The SMILES string of the molecule is CN1CC=C(c2ccc(CCOC(N)=O)cc2)CC1. The van der Waals surface area contributed by atoms with E-state index in [0.29, 0.717) is 13.0 Å². The zero-order valence-corrected chi connectivity index (χ0v) is 11.3. The second-order valence-corrected chi connectivity index (χ2v) is 4.86. The number of nitrogens with two attached hydrogens (primary N) is 1. The number of benzene rings is 1. The standard InChI is InChI=1S/C15H20N2O2/c1-17-9-6-14(7-10-17)13-4-2-12(3-5-13)8-11-19-15(16)18/h2-6H,7-11H2,1H3,(H2,16,18). The maximum absolute atomic E-state index is 10.5. The van der Waals surface area contributed by atoms with Crippen LogP contribution in [-0.2, 0) is 11.2 Å². The molecule has 0 radical (unpaired) electrons. The Bertz CT molecular complexity index is 466. The molecule has 0 fully saturated rings. The fraction of sp³-hybridized carbons (Fsp3) is 0.400. The Morgan fingerprint density at radius 1 is 1.37 bits per heavy atom. The number of amides is 1. The number of likely N-dealkylation sites (N-methyl/N-ethyl adjacent to an activating group) is 1. The number of rotatable bonds is 4. The molecule has 1 heterocycles. The molecule has 1 aromatic rings. The lowest BCUT2D eigenvalue weighted by atomic mass is 9.98. The molecule has 0 aliphatic carbocycles. The van der Waals surface area contributed by atoms with Crippen LogP contribution in [0.4, 0.5) is 4.79 Å². The highest BCUT2D eigenvalue weighted by Crippen LogP contribution is 2.22. The number of carbonyl (C=O) groups excluding carboxylic acids is 1. The summed E-state index contributed by atoms with van der Waals surface area (Å²) in [5, 5.41) is 0. The smallest absolute Gasteiger partial charge is 0.404 e. The summed E-state index contributed by atoms with van der Waals surface area (Å²) in [7, 11) is 2.13. The van der Waals surface area contributed by atoms with Gasteiger partial charge in [0.05, 0.1) is 6.61 Å². The molecular formula is C15H20N2O2. The molecule has 0 saturated carbocycles. The summed E-state index contributed by atoms with van der Waals surface area (Å²) in [5.41, 5.74) is 8.77. The Morgan fingerprint density at radius 2 is 2.11 bits per heavy atom. The molecule has 19 heavy (non-hydrogen) atoms. The van der Waals surface area contributed by atoms with Crippen molar-refractivity contribution in [1.29, 1.82) is 0 Å². The van der Waals surface area contributed by atoms with E-state index in [0.717, 1.165) is 25.1 Å². The zero-order valence-electron chi connectivity index (χ0n) is 11.3. The molecule has 4 heteroatoms. The Balaban J connectivity index is 1.93. The lowest BCUT2D eigenvalue weighted by molar-refractivity contribution is 0.158. The molecule has 2 rings (SSSR count). The Hall–Kier alpha value is -1.81. The summed E-state index contributed by atoms with van der Waals surface area (Å²) in [6.07, 6.45) is 3.37. The van der Waals surface area contributed by atoms with Crippen LogP contribution in [0.2, 0.25) is 0 Å². The van der Waals surface area contributed by atoms with Crippen molar-refractivity contribution in [3.8, 4) is 0 Å². The predicted octanol–water partition coefficient (Wildman–Crippen LogP) is 2.04. The second-order valence-electron chi connectivity index (χ2n) is 4.86. The van der Waals surface area contributed by atoms with E-state index in [4.69, 9.17) is 10.5 Å². The van der Waals surface area contributed by atoms with Crippen LogP contribution in [0.15, 0.2) is 30.3 Å². The van der Waals surface area contributed by atoms with E-state index in [1.165, 1.54) is 11.1 Å². The molecule has 0 atom stereocenters. The highest BCUT2D eigenvalue weighted by Gasteiger charge is 2.09. The minimum atomic E-state index is -0.715. The number of ether oxygens (including phenoxy) is 1. The molecule has 4 nitrogen and oxygen atoms in total. The van der Waals surface area contributed by atoms with Crippen LogP contribution in [0.5, 0.6) is 0 Å². The first-order valence-electron chi connectivity index (χ1n) is 6.54. The Morgan fingerprint density at radius 3 is 2.68 bits per heavy atom. The summed E-state index contributed by atoms with van der Waals surface area (Å²) < 4.78 is 4.73. The monoisotopic (exact) mass is 260 g/mol. The zero-order chi connectivity index (χ0) is 13.7. The fourth-order valence-corrected chi connectivity index (χ4v) is 2.19. The van der Waals surface area contributed by atoms with Gasteiger partial charge in [0.15, 0.2) is 0 Å². The van der Waals surface area contributed by atoms with Crippen LogP contribution >= 0.6 is 0 Å². The molecule has 0 bridgehead atoms. The van der Waals surface area contributed by atoms with Gasteiger partial charge in [0.2, 0.25) is 0 Å². The van der Waals surface area contributed by atoms with Crippen LogP contribution in [0.3, 0.4) is 0 Å². The number of carbonyl (C=O) groups is 1. The third kappa shape index (κ3) is 4.10. The number of hydrogen-bond donors (Lipinski definition) is 1. The molecule has 0 saturated heterocycles. The lowest BCUT2D eigenvalue weighted by Gasteiger charge is -2.22. The maximum Gasteiger partial charge on any atom is 0.404 e. The first-order valence-corrected chi connectivity index (χ1v) is 6.54. The van der Waals surface area contributed by atoms with Crippen LogP contribution in [0.25, 0.3) is 5.57 Å². The van der Waals surface area contributed by atoms with Crippen molar-refractivity contribution >= 4 is 11.7 Å². The van der Waals surface area contributed by atoms with E-state index in [1.807, 2.05) is 0 Å². The van der Waals surface area contributed by atoms with Crippen molar-refractivity contribution < 1.29 is 9.53 Å². The molecule has 1 aliphatic heterocycles. The molecule has 102 valence electrons. The van der Waals surface area contributed by atoms with Crippen molar-refractivity contribution in [3.05, 3.63) is 41.5 Å². The third-order valence-corrected chi connectivity index (χ3v) is 3.37. The van der Waals surface area contributed by atoms with Crippen LogP contribution in [-0.4, -0.2) is 37.7 Å². The molecule has 1 aliphatic rings. The summed E-state index contributed by atoms with van der Waals surface area (Å²) in [4.78, 5) is 12.8. The van der Waals surface area contributed by atoms with Crippen LogP contribution in [0.1, 0.15) is 17.5 Å². The van der Waals surface area contributed by atoms with Gasteiger partial charge in [-0.2, -0.15) is 0 Å². The van der Waals surface area contributed by atoms with Crippen molar-refractivity contribution in [1.82, 2.24) is 4.90 Å². The summed E-state index contributed by atoms with van der Waals surface area (Å²) in [6, 6.07) is 8.44. The summed E-state index contributed by atoms with van der Waals surface area (Å²) in [6.45, 7) is 2.46. The Kier molecular flexibility index (Phi) is 4.58. The topological polar surface area (TPSA) is 55.6 Å². The van der Waals surface area contributed by atoms with Crippen molar-refractivity contribution in [2.45, 2.75) is 12.8 Å². The maximum atomic E-state index is 10.5. The molecule has 0 spiro atoms. The van der Waals surface area contributed by atoms with Gasteiger partial charge in [-0.15, -0.1) is 0 Å². The second kappa shape index (κ2) is 6.38. The quantitative estimate of drug-likeness (QED) is 0.901. The molecule has 1 aromatic carbocycles. The minimum Gasteiger partial charge on any atom is -0.449 e. The molecule has 0 unspecified atom stereocenters. The van der Waals surface area contributed by atoms with Gasteiger partial charge in [-0.3, -0.25) is 0 Å². The first kappa shape index (κ1) is 13.6. The van der Waals surface area contributed by atoms with E-state index in [-0.39, 0.29) is 0 Å². The van der Waals surface area contributed by atoms with E-state index >= 15 is 0 Å². The van der Waals surface area contributed by atoms with Crippen LogP contribution < -0.4 is 5.73 Å². The van der Waals surface area contributed by atoms with E-state index in [9.17, 15) is 4.79 Å². The summed E-state index contributed by atoms with van der Waals surface area (Å²) in [5.74, 6) is 0. The number of primary amides is 1. The van der Waals surface area contributed by atoms with E-state index in [2.05, 4.69) is 42.3 Å². The average Bonchev–Trinajstić information content (AvgIpc) is 2.40. The van der Waals surface area contributed by atoms with Crippen molar-refractivity contribution in [2.24, 2.45) is 5.73 Å². The van der Waals surface area contributed by atoms with Crippen molar-refractivity contribution in [2.75, 3.05) is 26.7 Å². The van der Waals surface area contributed by atoms with E-state index < -0.39 is 6.09 Å². The van der Waals surface area contributed by atoms with Gasteiger partial charge in [-0.05, 0) is 30.2 Å². The van der Waals surface area contributed by atoms with Gasteiger partial charge in [0.1, 0.15) is 0 Å². The fourth-order valence-electron chi connectivity index (χ4n) is 2.19. The largest absolute Gasteiger partial charge is 0.449 e. The third-order valence-electron chi connectivity index (χ3n) is 3.37.